The number of hydrogen-bond donors (Lipinski definition) is 1. The molecule has 2 nitrogen and oxygen atoms in total. The number of carbonyl (C=O) groups excluding carboxylic acids is 1. The van der Waals surface area contributed by atoms with Crippen molar-refractivity contribution in [2.24, 2.45) is 0 Å². The summed E-state index contributed by atoms with van der Waals surface area (Å²) >= 11 is 0. The molecule has 0 spiro atoms. The highest BCUT2D eigenvalue weighted by molar-refractivity contribution is 6.04. The normalized spacial score (nSPS) is 18.8. The van der Waals surface area contributed by atoms with E-state index in [1.807, 2.05) is 42.5 Å². The van der Waals surface area contributed by atoms with Crippen LogP contribution in [-0.4, -0.2) is 5.91 Å². The Balaban J connectivity index is 1.42. The molecule has 0 heterocycles. The molecule has 0 bridgehead atoms. The van der Waals surface area contributed by atoms with E-state index < -0.39 is 0 Å². The van der Waals surface area contributed by atoms with Crippen LogP contribution in [0, 0.1) is 0 Å². The smallest absolute Gasteiger partial charge is 0.255 e. The van der Waals surface area contributed by atoms with Crippen molar-refractivity contribution in [2.45, 2.75) is 18.3 Å². The summed E-state index contributed by atoms with van der Waals surface area (Å²) < 4.78 is 0. The Morgan fingerprint density at radius 2 is 1.25 bits per heavy atom. The predicted molar refractivity (Wildman–Crippen MR) is 97.4 cm³/mol. The molecule has 0 aromatic heterocycles. The van der Waals surface area contributed by atoms with Crippen LogP contribution in [0.5, 0.6) is 0 Å². The minimum absolute atomic E-state index is 0.0723. The second-order valence-corrected chi connectivity index (χ2v) is 6.30. The molecule has 24 heavy (non-hydrogen) atoms. The molecule has 2 unspecified atom stereocenters. The summed E-state index contributed by atoms with van der Waals surface area (Å²) in [5.41, 5.74) is 4.28. The van der Waals surface area contributed by atoms with Crippen LogP contribution in [0.15, 0.2) is 84.9 Å². The molecule has 3 aromatic carbocycles. The van der Waals surface area contributed by atoms with Crippen LogP contribution in [0.1, 0.15) is 39.7 Å². The lowest BCUT2D eigenvalue weighted by atomic mass is 10.0. The fourth-order valence-electron chi connectivity index (χ4n) is 3.24. The summed E-state index contributed by atoms with van der Waals surface area (Å²) in [6.45, 7) is 0. The highest BCUT2D eigenvalue weighted by Gasteiger charge is 2.39. The molecule has 1 N–H and O–H groups in total. The van der Waals surface area contributed by atoms with Gasteiger partial charge in [0.2, 0.25) is 0 Å². The Bertz CT molecular complexity index is 825. The lowest BCUT2D eigenvalue weighted by molar-refractivity contribution is 0.102. The number of carbonyl (C=O) groups is 1. The molecule has 2 atom stereocenters. The molecular formula is C22H19NO. The van der Waals surface area contributed by atoms with Gasteiger partial charge >= 0.3 is 0 Å². The van der Waals surface area contributed by atoms with E-state index in [4.69, 9.17) is 0 Å². The molecule has 1 saturated carbocycles. The van der Waals surface area contributed by atoms with Gasteiger partial charge in [0.1, 0.15) is 0 Å². The number of rotatable bonds is 4. The van der Waals surface area contributed by atoms with E-state index in [0.717, 1.165) is 5.69 Å². The minimum Gasteiger partial charge on any atom is -0.322 e. The molecule has 1 amide bonds. The Hall–Kier alpha value is -2.87. The molecule has 0 saturated heterocycles. The summed E-state index contributed by atoms with van der Waals surface area (Å²) in [7, 11) is 0. The van der Waals surface area contributed by atoms with Crippen molar-refractivity contribution in [3.63, 3.8) is 0 Å². The van der Waals surface area contributed by atoms with E-state index >= 15 is 0 Å². The molecule has 118 valence electrons. The van der Waals surface area contributed by atoms with Crippen LogP contribution in [0.3, 0.4) is 0 Å². The van der Waals surface area contributed by atoms with Gasteiger partial charge in [0.25, 0.3) is 5.91 Å². The predicted octanol–water partition coefficient (Wildman–Crippen LogP) is 5.21. The zero-order valence-corrected chi connectivity index (χ0v) is 13.4. The third kappa shape index (κ3) is 3.09. The number of benzene rings is 3. The van der Waals surface area contributed by atoms with Gasteiger partial charge in [-0.25, -0.2) is 0 Å². The summed E-state index contributed by atoms with van der Waals surface area (Å²) in [5.74, 6) is 1.17. The topological polar surface area (TPSA) is 29.1 Å². The first-order valence-electron chi connectivity index (χ1n) is 8.32. The van der Waals surface area contributed by atoms with Crippen molar-refractivity contribution >= 4 is 11.6 Å². The van der Waals surface area contributed by atoms with Crippen LogP contribution in [-0.2, 0) is 0 Å². The first-order chi connectivity index (χ1) is 11.8. The Morgan fingerprint density at radius 3 is 1.88 bits per heavy atom. The van der Waals surface area contributed by atoms with E-state index in [-0.39, 0.29) is 5.91 Å². The summed E-state index contributed by atoms with van der Waals surface area (Å²) in [5, 5.41) is 2.95. The van der Waals surface area contributed by atoms with Crippen molar-refractivity contribution in [1.29, 1.82) is 0 Å². The van der Waals surface area contributed by atoms with Crippen molar-refractivity contribution < 1.29 is 4.79 Å². The average molecular weight is 313 g/mol. The molecule has 1 aliphatic carbocycles. The van der Waals surface area contributed by atoms with Crippen LogP contribution in [0.25, 0.3) is 0 Å². The van der Waals surface area contributed by atoms with Gasteiger partial charge in [-0.05, 0) is 53.6 Å². The standard InChI is InChI=1S/C22H19NO/c24-22(18-9-5-2-6-10-18)23-19-13-11-17(12-14-19)21-15-20(21)16-7-3-1-4-8-16/h1-14,20-21H,15H2,(H,23,24). The lowest BCUT2D eigenvalue weighted by Crippen LogP contribution is -2.11. The quantitative estimate of drug-likeness (QED) is 0.704. The fraction of sp³-hybridized carbons (Fsp3) is 0.136. The highest BCUT2D eigenvalue weighted by Crippen LogP contribution is 2.54. The largest absolute Gasteiger partial charge is 0.322 e. The Kier molecular flexibility index (Phi) is 3.87. The first kappa shape index (κ1) is 14.7. The van der Waals surface area contributed by atoms with Gasteiger partial charge in [-0.2, -0.15) is 0 Å². The molecule has 0 aliphatic heterocycles. The summed E-state index contributed by atoms with van der Waals surface area (Å²) in [4.78, 5) is 12.2. The first-order valence-corrected chi connectivity index (χ1v) is 8.32. The summed E-state index contributed by atoms with van der Waals surface area (Å²) in [6.07, 6.45) is 1.21. The second kappa shape index (κ2) is 6.32. The van der Waals surface area contributed by atoms with Gasteiger partial charge in [0.15, 0.2) is 0 Å². The van der Waals surface area contributed by atoms with Gasteiger partial charge < -0.3 is 5.32 Å². The molecule has 1 aliphatic rings. The molecule has 1 fully saturated rings. The van der Waals surface area contributed by atoms with Crippen LogP contribution >= 0.6 is 0 Å². The zero-order chi connectivity index (χ0) is 16.4. The van der Waals surface area contributed by atoms with Gasteiger partial charge in [-0.1, -0.05) is 60.7 Å². The number of amides is 1. The Morgan fingerprint density at radius 1 is 0.708 bits per heavy atom. The van der Waals surface area contributed by atoms with E-state index in [0.29, 0.717) is 17.4 Å². The SMILES string of the molecule is O=C(Nc1ccc(C2CC2c2ccccc2)cc1)c1ccccc1. The van der Waals surface area contributed by atoms with Gasteiger partial charge in [-0.3, -0.25) is 4.79 Å². The summed E-state index contributed by atoms with van der Waals surface area (Å²) in [6, 6.07) is 28.2. The maximum atomic E-state index is 12.2. The molecule has 0 radical (unpaired) electrons. The lowest BCUT2D eigenvalue weighted by Gasteiger charge is -2.07. The maximum Gasteiger partial charge on any atom is 0.255 e. The van der Waals surface area contributed by atoms with Crippen molar-refractivity contribution in [1.82, 2.24) is 0 Å². The third-order valence-electron chi connectivity index (χ3n) is 4.65. The second-order valence-electron chi connectivity index (χ2n) is 6.30. The van der Waals surface area contributed by atoms with Gasteiger partial charge in [0, 0.05) is 11.3 Å². The number of hydrogen-bond acceptors (Lipinski definition) is 1. The zero-order valence-electron chi connectivity index (χ0n) is 13.4. The monoisotopic (exact) mass is 313 g/mol. The van der Waals surface area contributed by atoms with E-state index in [9.17, 15) is 4.79 Å². The van der Waals surface area contributed by atoms with Crippen molar-refractivity contribution in [3.05, 3.63) is 102 Å². The third-order valence-corrected chi connectivity index (χ3v) is 4.65. The molecule has 3 aromatic rings. The van der Waals surface area contributed by atoms with Crippen molar-refractivity contribution in [3.8, 4) is 0 Å². The van der Waals surface area contributed by atoms with E-state index in [1.54, 1.807) is 0 Å². The molecular weight excluding hydrogens is 294 g/mol. The molecule has 4 rings (SSSR count). The minimum atomic E-state index is -0.0723. The Labute approximate surface area is 142 Å². The van der Waals surface area contributed by atoms with Crippen LogP contribution in [0.2, 0.25) is 0 Å². The van der Waals surface area contributed by atoms with Gasteiger partial charge in [0.05, 0.1) is 0 Å². The van der Waals surface area contributed by atoms with Crippen molar-refractivity contribution in [2.75, 3.05) is 5.32 Å². The maximum absolute atomic E-state index is 12.2. The number of nitrogens with one attached hydrogen (secondary N) is 1. The van der Waals surface area contributed by atoms with Gasteiger partial charge in [-0.15, -0.1) is 0 Å². The number of anilines is 1. The van der Waals surface area contributed by atoms with E-state index in [1.165, 1.54) is 17.5 Å². The average Bonchev–Trinajstić information content (AvgIpc) is 3.45. The fourth-order valence-corrected chi connectivity index (χ4v) is 3.24. The van der Waals surface area contributed by atoms with E-state index in [2.05, 4.69) is 47.8 Å². The highest BCUT2D eigenvalue weighted by atomic mass is 16.1. The van der Waals surface area contributed by atoms with Crippen LogP contribution < -0.4 is 5.32 Å². The van der Waals surface area contributed by atoms with Crippen LogP contribution in [0.4, 0.5) is 5.69 Å². The molecule has 2 heteroatoms.